The van der Waals surface area contributed by atoms with Gasteiger partial charge in [0.2, 0.25) is 0 Å². The largest absolute Gasteiger partial charge is 0.497 e. The van der Waals surface area contributed by atoms with Crippen LogP contribution in [0.1, 0.15) is 27.2 Å². The molecule has 1 rings (SSSR count). The Balaban J connectivity index is 2.57. The molecule has 0 amide bonds. The van der Waals surface area contributed by atoms with Crippen LogP contribution in [0.25, 0.3) is 0 Å². The maximum absolute atomic E-state index is 11.8. The first-order valence-electron chi connectivity index (χ1n) is 6.66. The van der Waals surface area contributed by atoms with Gasteiger partial charge in [0.1, 0.15) is 11.3 Å². The lowest BCUT2D eigenvalue weighted by Crippen LogP contribution is -2.47. The summed E-state index contributed by atoms with van der Waals surface area (Å²) in [5, 5.41) is 0.211. The minimum absolute atomic E-state index is 0.211. The lowest BCUT2D eigenvalue weighted by atomic mass is 9.98. The average molecular weight is 297 g/mol. The van der Waals surface area contributed by atoms with Crippen molar-refractivity contribution in [2.75, 3.05) is 13.7 Å². The van der Waals surface area contributed by atoms with E-state index in [4.69, 9.17) is 15.2 Å². The average Bonchev–Trinajstić information content (AvgIpc) is 2.39. The second-order valence-electron chi connectivity index (χ2n) is 4.95. The molecule has 0 aliphatic rings. The Labute approximate surface area is 125 Å². The van der Waals surface area contributed by atoms with E-state index in [2.05, 4.69) is 6.92 Å². The molecule has 2 atom stereocenters. The maximum Gasteiger partial charge on any atom is 0.325 e. The van der Waals surface area contributed by atoms with Gasteiger partial charge in [-0.15, -0.1) is 11.8 Å². The van der Waals surface area contributed by atoms with Crippen LogP contribution >= 0.6 is 11.8 Å². The van der Waals surface area contributed by atoms with Crippen molar-refractivity contribution in [3.8, 4) is 5.75 Å². The number of nitrogens with two attached hydrogens (primary N) is 1. The van der Waals surface area contributed by atoms with Crippen LogP contribution in [-0.2, 0) is 9.53 Å². The van der Waals surface area contributed by atoms with Gasteiger partial charge >= 0.3 is 5.97 Å². The molecule has 0 aliphatic carbocycles. The molecule has 5 heteroatoms. The second kappa shape index (κ2) is 7.55. The molecular weight excluding hydrogens is 274 g/mol. The van der Waals surface area contributed by atoms with Crippen LogP contribution in [-0.4, -0.2) is 30.5 Å². The highest BCUT2D eigenvalue weighted by Crippen LogP contribution is 2.29. The third-order valence-corrected chi connectivity index (χ3v) is 3.96. The van der Waals surface area contributed by atoms with Crippen molar-refractivity contribution in [1.82, 2.24) is 0 Å². The van der Waals surface area contributed by atoms with E-state index in [1.165, 1.54) is 0 Å². The van der Waals surface area contributed by atoms with Crippen LogP contribution < -0.4 is 10.5 Å². The molecule has 1 aromatic rings. The summed E-state index contributed by atoms with van der Waals surface area (Å²) in [5.41, 5.74) is 5.09. The van der Waals surface area contributed by atoms with Gasteiger partial charge < -0.3 is 15.2 Å². The first kappa shape index (κ1) is 16.9. The summed E-state index contributed by atoms with van der Waals surface area (Å²) in [5.74, 6) is 0.486. The molecule has 0 radical (unpaired) electrons. The smallest absolute Gasteiger partial charge is 0.325 e. The topological polar surface area (TPSA) is 61.5 Å². The number of rotatable bonds is 7. The Kier molecular flexibility index (Phi) is 6.36. The van der Waals surface area contributed by atoms with Gasteiger partial charge in [0.25, 0.3) is 0 Å². The molecule has 0 bridgehead atoms. The molecule has 0 aromatic heterocycles. The fourth-order valence-electron chi connectivity index (χ4n) is 1.90. The van der Waals surface area contributed by atoms with Gasteiger partial charge in [0.15, 0.2) is 0 Å². The molecule has 4 nitrogen and oxygen atoms in total. The molecule has 112 valence electrons. The number of carbonyl (C=O) groups excluding carboxylic acids is 1. The van der Waals surface area contributed by atoms with Gasteiger partial charge in [0, 0.05) is 10.1 Å². The normalized spacial score (nSPS) is 15.2. The number of thioether (sulfide) groups is 1. The first-order valence-corrected chi connectivity index (χ1v) is 7.54. The maximum atomic E-state index is 11.8. The van der Waals surface area contributed by atoms with Gasteiger partial charge in [-0.1, -0.05) is 6.92 Å². The number of ether oxygens (including phenoxy) is 2. The standard InChI is InChI=1S/C15H23NO3S/c1-5-19-14(17)15(3,16)10-11(2)20-13-8-6-12(18-4)7-9-13/h6-9,11H,5,10,16H2,1-4H3. The highest BCUT2D eigenvalue weighted by atomic mass is 32.2. The Bertz CT molecular complexity index is 431. The molecule has 0 spiro atoms. The van der Waals surface area contributed by atoms with E-state index < -0.39 is 5.54 Å². The lowest BCUT2D eigenvalue weighted by molar-refractivity contribution is -0.149. The van der Waals surface area contributed by atoms with Crippen molar-refractivity contribution in [2.24, 2.45) is 5.73 Å². The zero-order chi connectivity index (χ0) is 15.2. The third kappa shape index (κ3) is 5.06. The fourth-order valence-corrected chi connectivity index (χ4v) is 3.09. The Morgan fingerprint density at radius 2 is 2.00 bits per heavy atom. The number of hydrogen-bond donors (Lipinski definition) is 1. The van der Waals surface area contributed by atoms with E-state index in [-0.39, 0.29) is 11.2 Å². The summed E-state index contributed by atoms with van der Waals surface area (Å²) < 4.78 is 10.1. The number of carbonyl (C=O) groups is 1. The summed E-state index contributed by atoms with van der Waals surface area (Å²) in [4.78, 5) is 12.9. The molecule has 2 unspecified atom stereocenters. The van der Waals surface area contributed by atoms with Crippen LogP contribution in [0.5, 0.6) is 5.75 Å². The van der Waals surface area contributed by atoms with Gasteiger partial charge in [-0.25, -0.2) is 0 Å². The number of esters is 1. The summed E-state index contributed by atoms with van der Waals surface area (Å²) in [6, 6.07) is 7.83. The number of hydrogen-bond acceptors (Lipinski definition) is 5. The van der Waals surface area contributed by atoms with E-state index in [0.29, 0.717) is 13.0 Å². The van der Waals surface area contributed by atoms with E-state index in [1.54, 1.807) is 32.7 Å². The van der Waals surface area contributed by atoms with Crippen LogP contribution in [0.3, 0.4) is 0 Å². The van der Waals surface area contributed by atoms with Crippen LogP contribution in [0, 0.1) is 0 Å². The molecule has 1 aromatic carbocycles. The lowest BCUT2D eigenvalue weighted by Gasteiger charge is -2.25. The number of methoxy groups -OCH3 is 1. The van der Waals surface area contributed by atoms with Crippen molar-refractivity contribution < 1.29 is 14.3 Å². The second-order valence-corrected chi connectivity index (χ2v) is 6.46. The fraction of sp³-hybridized carbons (Fsp3) is 0.533. The van der Waals surface area contributed by atoms with Gasteiger partial charge in [-0.05, 0) is 44.5 Å². The highest BCUT2D eigenvalue weighted by Gasteiger charge is 2.32. The van der Waals surface area contributed by atoms with Gasteiger partial charge in [-0.3, -0.25) is 4.79 Å². The van der Waals surface area contributed by atoms with Crippen molar-refractivity contribution in [3.05, 3.63) is 24.3 Å². The summed E-state index contributed by atoms with van der Waals surface area (Å²) in [6.07, 6.45) is 0.558. The Morgan fingerprint density at radius 3 is 2.50 bits per heavy atom. The van der Waals surface area contributed by atoms with Crippen LogP contribution in [0.2, 0.25) is 0 Å². The molecule has 20 heavy (non-hydrogen) atoms. The highest BCUT2D eigenvalue weighted by molar-refractivity contribution is 7.99. The zero-order valence-electron chi connectivity index (χ0n) is 12.5. The van der Waals surface area contributed by atoms with E-state index >= 15 is 0 Å². The van der Waals surface area contributed by atoms with E-state index in [0.717, 1.165) is 10.6 Å². The van der Waals surface area contributed by atoms with E-state index in [9.17, 15) is 4.79 Å². The molecule has 0 fully saturated rings. The number of benzene rings is 1. The minimum atomic E-state index is -0.950. The summed E-state index contributed by atoms with van der Waals surface area (Å²) >= 11 is 1.68. The minimum Gasteiger partial charge on any atom is -0.497 e. The molecule has 2 N–H and O–H groups in total. The van der Waals surface area contributed by atoms with Crippen molar-refractivity contribution >= 4 is 17.7 Å². The van der Waals surface area contributed by atoms with Crippen molar-refractivity contribution in [2.45, 2.75) is 42.9 Å². The van der Waals surface area contributed by atoms with Gasteiger partial charge in [0.05, 0.1) is 13.7 Å². The van der Waals surface area contributed by atoms with E-state index in [1.807, 2.05) is 24.3 Å². The third-order valence-electron chi connectivity index (χ3n) is 2.85. The zero-order valence-corrected chi connectivity index (χ0v) is 13.3. The predicted octanol–water partition coefficient (Wildman–Crippen LogP) is 2.85. The van der Waals surface area contributed by atoms with Crippen LogP contribution in [0.4, 0.5) is 0 Å². The van der Waals surface area contributed by atoms with Gasteiger partial charge in [-0.2, -0.15) is 0 Å². The first-order chi connectivity index (χ1) is 9.39. The predicted molar refractivity (Wildman–Crippen MR) is 82.2 cm³/mol. The Hall–Kier alpha value is -1.20. The quantitative estimate of drug-likeness (QED) is 0.619. The molecule has 0 aliphatic heterocycles. The van der Waals surface area contributed by atoms with Crippen molar-refractivity contribution in [1.29, 1.82) is 0 Å². The molecular formula is C15H23NO3S. The monoisotopic (exact) mass is 297 g/mol. The molecule has 0 saturated carbocycles. The van der Waals surface area contributed by atoms with Crippen molar-refractivity contribution in [3.63, 3.8) is 0 Å². The van der Waals surface area contributed by atoms with Crippen LogP contribution in [0.15, 0.2) is 29.2 Å². The Morgan fingerprint density at radius 1 is 1.40 bits per heavy atom. The summed E-state index contributed by atoms with van der Waals surface area (Å²) in [7, 11) is 1.64. The molecule has 0 heterocycles. The summed E-state index contributed by atoms with van der Waals surface area (Å²) in [6.45, 7) is 5.91. The SMILES string of the molecule is CCOC(=O)C(C)(N)CC(C)Sc1ccc(OC)cc1. The molecule has 0 saturated heterocycles.